The molecule has 0 bridgehead atoms. The highest BCUT2D eigenvalue weighted by Gasteiger charge is 2.49. The number of amides is 1. The summed E-state index contributed by atoms with van der Waals surface area (Å²) >= 11 is 0. The van der Waals surface area contributed by atoms with Crippen LogP contribution in [0.1, 0.15) is 32.3 Å². The maximum absolute atomic E-state index is 12.0. The van der Waals surface area contributed by atoms with Crippen LogP contribution in [-0.2, 0) is 14.5 Å². The Bertz CT molecular complexity index is 757. The van der Waals surface area contributed by atoms with Crippen molar-refractivity contribution in [2.75, 3.05) is 6.61 Å². The van der Waals surface area contributed by atoms with Crippen LogP contribution in [0.2, 0.25) is 0 Å². The average Bonchev–Trinajstić information content (AvgIpc) is 2.89. The SMILES string of the molecule is CCCCOc1cc(C(C)(C(N)=O)P(=O)(O)O)ccc2cccc1-2. The van der Waals surface area contributed by atoms with E-state index in [4.69, 9.17) is 10.5 Å². The number of carbonyl (C=O) groups is 1. The maximum Gasteiger partial charge on any atom is 0.345 e. The first kappa shape index (κ1) is 18.5. The van der Waals surface area contributed by atoms with Crippen molar-refractivity contribution < 1.29 is 23.9 Å². The molecule has 0 aliphatic heterocycles. The minimum atomic E-state index is -4.83. The molecule has 1 unspecified atom stereocenters. The van der Waals surface area contributed by atoms with Gasteiger partial charge in [-0.3, -0.25) is 9.36 Å². The Kier molecular flexibility index (Phi) is 5.33. The molecule has 0 aromatic heterocycles. The van der Waals surface area contributed by atoms with Gasteiger partial charge in [0, 0.05) is 5.56 Å². The molecule has 2 rings (SSSR count). The lowest BCUT2D eigenvalue weighted by molar-refractivity contribution is -0.120. The standard InChI is InChI=1S/C17H22NO5P/c1-3-4-10-23-15-11-13(9-8-12-6-5-7-14(12)15)17(2,16(18)19)24(20,21)22/h5-9,11H,3-4,10H2,1-2H3,(H2,18,19)(H2,20,21,22). The van der Waals surface area contributed by atoms with E-state index in [2.05, 4.69) is 0 Å². The van der Waals surface area contributed by atoms with Crippen LogP contribution >= 0.6 is 7.60 Å². The third-order valence-electron chi connectivity index (χ3n) is 4.22. The van der Waals surface area contributed by atoms with Crippen molar-refractivity contribution in [2.24, 2.45) is 5.73 Å². The summed E-state index contributed by atoms with van der Waals surface area (Å²) in [5.74, 6) is -0.606. The largest absolute Gasteiger partial charge is 0.493 e. The third-order valence-corrected chi connectivity index (χ3v) is 5.87. The number of primary amides is 1. The van der Waals surface area contributed by atoms with Crippen LogP contribution in [0.5, 0.6) is 5.75 Å². The molecule has 0 saturated carbocycles. The third kappa shape index (κ3) is 3.31. The van der Waals surface area contributed by atoms with Crippen molar-refractivity contribution >= 4 is 13.5 Å². The Hall–Kier alpha value is -1.88. The molecule has 0 aromatic carbocycles. The topological polar surface area (TPSA) is 110 Å². The Morgan fingerprint density at radius 3 is 2.58 bits per heavy atom. The van der Waals surface area contributed by atoms with Gasteiger partial charge in [-0.05, 0) is 30.5 Å². The number of carbonyl (C=O) groups excluding carboxylic acids is 1. The van der Waals surface area contributed by atoms with Crippen LogP contribution in [0.4, 0.5) is 0 Å². The van der Waals surface area contributed by atoms with Crippen LogP contribution in [-0.4, -0.2) is 22.3 Å². The lowest BCUT2D eigenvalue weighted by Crippen LogP contribution is -2.38. The van der Waals surface area contributed by atoms with Crippen molar-refractivity contribution in [2.45, 2.75) is 31.8 Å². The summed E-state index contributed by atoms with van der Waals surface area (Å²) < 4.78 is 17.8. The molecule has 24 heavy (non-hydrogen) atoms. The van der Waals surface area contributed by atoms with Crippen LogP contribution in [0.25, 0.3) is 11.1 Å². The predicted molar refractivity (Wildman–Crippen MR) is 92.1 cm³/mol. The van der Waals surface area contributed by atoms with Gasteiger partial charge in [0.2, 0.25) is 5.91 Å². The minimum absolute atomic E-state index is 0.131. The van der Waals surface area contributed by atoms with E-state index in [0.29, 0.717) is 12.4 Å². The summed E-state index contributed by atoms with van der Waals surface area (Å²) in [6.45, 7) is 3.67. The van der Waals surface area contributed by atoms with E-state index in [1.54, 1.807) is 6.07 Å². The van der Waals surface area contributed by atoms with E-state index in [1.165, 1.54) is 12.1 Å². The number of rotatable bonds is 7. The number of hydrogen-bond acceptors (Lipinski definition) is 3. The summed E-state index contributed by atoms with van der Waals surface area (Å²) in [5, 5.41) is -2.12. The van der Waals surface area contributed by atoms with Gasteiger partial charge < -0.3 is 20.3 Å². The fraction of sp³-hybridized carbons (Fsp3) is 0.353. The lowest BCUT2D eigenvalue weighted by atomic mass is 10.0. The van der Waals surface area contributed by atoms with Gasteiger partial charge >= 0.3 is 7.60 Å². The number of hydrogen-bond donors (Lipinski definition) is 3. The number of fused-ring (bicyclic) bond motifs is 1. The van der Waals surface area contributed by atoms with Gasteiger partial charge in [-0.25, -0.2) is 0 Å². The average molecular weight is 351 g/mol. The molecule has 0 fully saturated rings. The summed E-state index contributed by atoms with van der Waals surface area (Å²) in [6.07, 6.45) is 1.80. The highest BCUT2D eigenvalue weighted by atomic mass is 31.2. The van der Waals surface area contributed by atoms with Gasteiger partial charge in [0.1, 0.15) is 5.75 Å². The van der Waals surface area contributed by atoms with Gasteiger partial charge in [0.05, 0.1) is 6.61 Å². The van der Waals surface area contributed by atoms with Gasteiger partial charge in [0.25, 0.3) is 0 Å². The molecule has 0 spiro atoms. The normalized spacial score (nSPS) is 14.3. The van der Waals surface area contributed by atoms with E-state index >= 15 is 0 Å². The molecule has 7 heteroatoms. The van der Waals surface area contributed by atoms with Crippen LogP contribution in [0.15, 0.2) is 36.4 Å². The Labute approximate surface area is 141 Å². The van der Waals surface area contributed by atoms with Gasteiger partial charge in [-0.15, -0.1) is 0 Å². The van der Waals surface area contributed by atoms with Crippen molar-refractivity contribution in [1.29, 1.82) is 0 Å². The van der Waals surface area contributed by atoms with Crippen LogP contribution in [0, 0.1) is 0 Å². The smallest absolute Gasteiger partial charge is 0.345 e. The van der Waals surface area contributed by atoms with Crippen molar-refractivity contribution in [3.8, 4) is 16.9 Å². The zero-order valence-corrected chi connectivity index (χ0v) is 14.6. The zero-order chi connectivity index (χ0) is 18.0. The monoisotopic (exact) mass is 351 g/mol. The number of nitrogens with two attached hydrogens (primary N) is 1. The highest BCUT2D eigenvalue weighted by Crippen LogP contribution is 2.57. The quantitative estimate of drug-likeness (QED) is 0.525. The van der Waals surface area contributed by atoms with Gasteiger partial charge in [-0.2, -0.15) is 0 Å². The van der Waals surface area contributed by atoms with Crippen molar-refractivity contribution in [1.82, 2.24) is 0 Å². The van der Waals surface area contributed by atoms with E-state index in [1.807, 2.05) is 25.1 Å². The molecule has 2 aliphatic carbocycles. The Balaban J connectivity index is 2.64. The van der Waals surface area contributed by atoms with Crippen LogP contribution in [0.3, 0.4) is 0 Å². The highest BCUT2D eigenvalue weighted by molar-refractivity contribution is 7.54. The fourth-order valence-electron chi connectivity index (χ4n) is 2.45. The Morgan fingerprint density at radius 2 is 2.00 bits per heavy atom. The van der Waals surface area contributed by atoms with Crippen molar-refractivity contribution in [3.63, 3.8) is 0 Å². The molecule has 1 atom stereocenters. The van der Waals surface area contributed by atoms with E-state index < -0.39 is 18.7 Å². The molecular formula is C17H22NO5P. The summed E-state index contributed by atoms with van der Waals surface area (Å²) in [7, 11) is -4.83. The lowest BCUT2D eigenvalue weighted by Gasteiger charge is -2.27. The minimum Gasteiger partial charge on any atom is -0.493 e. The molecule has 0 heterocycles. The molecule has 0 radical (unpaired) electrons. The molecule has 130 valence electrons. The second-order valence-corrected chi connectivity index (χ2v) is 7.86. The second kappa shape index (κ2) is 6.93. The molecular weight excluding hydrogens is 329 g/mol. The van der Waals surface area contributed by atoms with E-state index in [9.17, 15) is 19.1 Å². The van der Waals surface area contributed by atoms with Crippen molar-refractivity contribution in [3.05, 3.63) is 42.0 Å². The van der Waals surface area contributed by atoms with Gasteiger partial charge in [-0.1, -0.05) is 43.7 Å². The molecule has 4 N–H and O–H groups in total. The summed E-state index contributed by atoms with van der Waals surface area (Å²) in [6, 6.07) is 10.3. The zero-order valence-electron chi connectivity index (χ0n) is 13.7. The molecule has 6 nitrogen and oxygen atoms in total. The maximum atomic E-state index is 12.0. The second-order valence-electron chi connectivity index (χ2n) is 5.87. The van der Waals surface area contributed by atoms with E-state index in [0.717, 1.165) is 30.9 Å². The Morgan fingerprint density at radius 1 is 1.29 bits per heavy atom. The first-order valence-corrected chi connectivity index (χ1v) is 9.34. The first-order chi connectivity index (χ1) is 11.2. The molecule has 1 amide bonds. The molecule has 0 saturated heterocycles. The van der Waals surface area contributed by atoms with Gasteiger partial charge in [0.15, 0.2) is 5.16 Å². The van der Waals surface area contributed by atoms with E-state index in [-0.39, 0.29) is 5.56 Å². The number of unbranched alkanes of at least 4 members (excludes halogenated alkanes) is 1. The number of ether oxygens (including phenoxy) is 1. The fourth-order valence-corrected chi connectivity index (χ4v) is 3.22. The summed E-state index contributed by atoms with van der Waals surface area (Å²) in [4.78, 5) is 31.3. The van der Waals surface area contributed by atoms with Crippen LogP contribution < -0.4 is 10.5 Å². The molecule has 0 aromatic rings. The molecule has 2 aliphatic rings. The predicted octanol–water partition coefficient (Wildman–Crippen LogP) is 2.85. The summed E-state index contributed by atoms with van der Waals surface area (Å²) in [5.41, 5.74) is 7.13. The first-order valence-electron chi connectivity index (χ1n) is 7.73.